The minimum Gasteiger partial charge on any atom is -0.352 e. The lowest BCUT2D eigenvalue weighted by atomic mass is 9.90. The van der Waals surface area contributed by atoms with Crippen LogP contribution in [0.25, 0.3) is 21.6 Å². The van der Waals surface area contributed by atoms with Crippen LogP contribution in [0.4, 0.5) is 0 Å². The second kappa shape index (κ2) is 9.88. The van der Waals surface area contributed by atoms with Crippen LogP contribution in [0.15, 0.2) is 48.0 Å². The number of nitrogens with zero attached hydrogens (tertiary/aromatic N) is 2. The Morgan fingerprint density at radius 3 is 2.65 bits per heavy atom. The Morgan fingerprint density at radius 2 is 1.94 bits per heavy atom. The molecule has 1 fully saturated rings. The number of carbonyl (C=O) groups is 2. The van der Waals surface area contributed by atoms with Crippen LogP contribution >= 0.6 is 22.9 Å². The molecule has 0 spiro atoms. The summed E-state index contributed by atoms with van der Waals surface area (Å²) in [5.74, 6) is -0.121. The van der Waals surface area contributed by atoms with Gasteiger partial charge in [-0.1, -0.05) is 38.4 Å². The number of amides is 2. The highest BCUT2D eigenvalue weighted by molar-refractivity contribution is 7.14. The number of rotatable bonds is 4. The van der Waals surface area contributed by atoms with Crippen molar-refractivity contribution in [2.24, 2.45) is 0 Å². The molecule has 1 N–H and O–H groups in total. The largest absolute Gasteiger partial charge is 0.352 e. The van der Waals surface area contributed by atoms with Gasteiger partial charge in [-0.15, -0.1) is 11.3 Å². The molecule has 3 heterocycles. The molecule has 1 unspecified atom stereocenters. The molecule has 178 valence electrons. The highest BCUT2D eigenvalue weighted by atomic mass is 35.5. The zero-order valence-corrected chi connectivity index (χ0v) is 21.6. The molecule has 0 bridgehead atoms. The maximum absolute atomic E-state index is 13.1. The van der Waals surface area contributed by atoms with Crippen LogP contribution in [-0.2, 0) is 10.2 Å². The van der Waals surface area contributed by atoms with Crippen molar-refractivity contribution in [3.05, 3.63) is 64.3 Å². The molecule has 0 radical (unpaired) electrons. The fraction of sp³-hybridized carbons (Fsp3) is 0.370. The first kappa shape index (κ1) is 24.4. The minimum atomic E-state index is -0.0665. The first-order valence-electron chi connectivity index (χ1n) is 11.5. The molecule has 1 atom stereocenters. The number of piperidine rings is 1. The van der Waals surface area contributed by atoms with Gasteiger partial charge >= 0.3 is 0 Å². The maximum atomic E-state index is 13.1. The number of benzene rings is 1. The van der Waals surface area contributed by atoms with Crippen LogP contribution in [0.1, 0.15) is 56.6 Å². The average molecular weight is 496 g/mol. The fourth-order valence-electron chi connectivity index (χ4n) is 4.25. The summed E-state index contributed by atoms with van der Waals surface area (Å²) in [6, 6.07) is 11.8. The Balaban J connectivity index is 1.53. The number of hydrogen-bond acceptors (Lipinski definition) is 4. The molecular formula is C27H30ClN3O2S. The molecular weight excluding hydrogens is 466 g/mol. The standard InChI is InChI=1S/C27H30ClN3O2S/c1-17(32)30-21-6-5-11-31(15-21)26(33)19-7-8-22(23(28)12-19)20-13-24(34-16-20)18-9-10-29-25(14-18)27(2,3)4/h7-10,12-14,16,21H,5-6,11,15H2,1-4H3,(H,30,32). The van der Waals surface area contributed by atoms with Gasteiger partial charge in [-0.25, -0.2) is 0 Å². The zero-order chi connectivity index (χ0) is 24.5. The third-order valence-corrected chi connectivity index (χ3v) is 7.35. The highest BCUT2D eigenvalue weighted by Crippen LogP contribution is 2.37. The quantitative estimate of drug-likeness (QED) is 0.470. The molecule has 1 aliphatic heterocycles. The molecule has 1 saturated heterocycles. The Morgan fingerprint density at radius 1 is 1.15 bits per heavy atom. The van der Waals surface area contributed by atoms with E-state index in [1.165, 1.54) is 6.92 Å². The summed E-state index contributed by atoms with van der Waals surface area (Å²) in [6.07, 6.45) is 3.62. The van der Waals surface area contributed by atoms with Crippen LogP contribution < -0.4 is 5.32 Å². The summed E-state index contributed by atoms with van der Waals surface area (Å²) in [5, 5.41) is 5.57. The smallest absolute Gasteiger partial charge is 0.253 e. The number of nitrogens with one attached hydrogen (secondary N) is 1. The van der Waals surface area contributed by atoms with Crippen molar-refractivity contribution in [1.82, 2.24) is 15.2 Å². The number of likely N-dealkylation sites (tertiary alicyclic amines) is 1. The summed E-state index contributed by atoms with van der Waals surface area (Å²) in [5.41, 5.74) is 4.68. The molecule has 2 amide bonds. The van der Waals surface area contributed by atoms with Crippen LogP contribution in [0, 0.1) is 0 Å². The number of aromatic nitrogens is 1. The third kappa shape index (κ3) is 5.50. The fourth-order valence-corrected chi connectivity index (χ4v) is 5.45. The van der Waals surface area contributed by atoms with Gasteiger partial charge in [0, 0.05) is 64.4 Å². The van der Waals surface area contributed by atoms with Gasteiger partial charge in [0.15, 0.2) is 0 Å². The van der Waals surface area contributed by atoms with Gasteiger partial charge in [0.1, 0.15) is 0 Å². The summed E-state index contributed by atoms with van der Waals surface area (Å²) in [7, 11) is 0. The number of halogens is 1. The van der Waals surface area contributed by atoms with Crippen molar-refractivity contribution >= 4 is 34.8 Å². The van der Waals surface area contributed by atoms with Crippen LogP contribution in [0.3, 0.4) is 0 Å². The van der Waals surface area contributed by atoms with E-state index in [1.54, 1.807) is 22.3 Å². The summed E-state index contributed by atoms with van der Waals surface area (Å²) in [6.45, 7) is 9.19. The normalized spacial score (nSPS) is 16.4. The average Bonchev–Trinajstić information content (AvgIpc) is 3.28. The van der Waals surface area contributed by atoms with E-state index >= 15 is 0 Å². The van der Waals surface area contributed by atoms with Crippen molar-refractivity contribution < 1.29 is 9.59 Å². The van der Waals surface area contributed by atoms with Crippen molar-refractivity contribution in [2.45, 2.75) is 52.0 Å². The van der Waals surface area contributed by atoms with E-state index in [4.69, 9.17) is 11.6 Å². The van der Waals surface area contributed by atoms with Gasteiger partial charge in [-0.3, -0.25) is 14.6 Å². The predicted molar refractivity (Wildman–Crippen MR) is 139 cm³/mol. The van der Waals surface area contributed by atoms with E-state index < -0.39 is 0 Å². The first-order chi connectivity index (χ1) is 16.1. The van der Waals surface area contributed by atoms with Crippen molar-refractivity contribution in [1.29, 1.82) is 0 Å². The second-order valence-corrected chi connectivity index (χ2v) is 11.2. The van der Waals surface area contributed by atoms with Crippen LogP contribution in [0.2, 0.25) is 5.02 Å². The van der Waals surface area contributed by atoms with E-state index in [-0.39, 0.29) is 23.3 Å². The molecule has 0 saturated carbocycles. The van der Waals surface area contributed by atoms with E-state index in [2.05, 4.69) is 48.6 Å². The monoisotopic (exact) mass is 495 g/mol. The van der Waals surface area contributed by atoms with E-state index in [9.17, 15) is 9.59 Å². The van der Waals surface area contributed by atoms with Gasteiger partial charge in [0.25, 0.3) is 5.91 Å². The Kier molecular flexibility index (Phi) is 7.10. The number of carbonyl (C=O) groups excluding carboxylic acids is 2. The topological polar surface area (TPSA) is 62.3 Å². The lowest BCUT2D eigenvalue weighted by molar-refractivity contribution is -0.120. The van der Waals surface area contributed by atoms with E-state index in [0.29, 0.717) is 23.7 Å². The molecule has 5 nitrogen and oxygen atoms in total. The number of thiophene rings is 1. The lowest BCUT2D eigenvalue weighted by Crippen LogP contribution is -2.49. The molecule has 1 aliphatic rings. The summed E-state index contributed by atoms with van der Waals surface area (Å²) < 4.78 is 0. The second-order valence-electron chi connectivity index (χ2n) is 9.86. The maximum Gasteiger partial charge on any atom is 0.253 e. The third-order valence-electron chi connectivity index (χ3n) is 6.06. The van der Waals surface area contributed by atoms with Gasteiger partial charge < -0.3 is 10.2 Å². The van der Waals surface area contributed by atoms with Crippen LogP contribution in [0.5, 0.6) is 0 Å². The van der Waals surface area contributed by atoms with Gasteiger partial charge in [0.05, 0.1) is 0 Å². The Labute approximate surface area is 210 Å². The first-order valence-corrected chi connectivity index (χ1v) is 12.8. The molecule has 2 aromatic heterocycles. The SMILES string of the molecule is CC(=O)NC1CCCN(C(=O)c2ccc(-c3csc(-c4ccnc(C(C)(C)C)c4)c3)c(Cl)c2)C1. The summed E-state index contributed by atoms with van der Waals surface area (Å²) in [4.78, 5) is 32.0. The zero-order valence-electron chi connectivity index (χ0n) is 20.0. The molecule has 4 rings (SSSR count). The van der Waals surface area contributed by atoms with Gasteiger partial charge in [0.2, 0.25) is 5.91 Å². The molecule has 3 aromatic rings. The molecule has 1 aromatic carbocycles. The van der Waals surface area contributed by atoms with Crippen molar-refractivity contribution in [2.75, 3.05) is 13.1 Å². The number of hydrogen-bond donors (Lipinski definition) is 1. The van der Waals surface area contributed by atoms with Gasteiger partial charge in [-0.05, 0) is 59.7 Å². The predicted octanol–water partition coefficient (Wildman–Crippen LogP) is 6.17. The van der Waals surface area contributed by atoms with Crippen molar-refractivity contribution in [3.8, 4) is 21.6 Å². The van der Waals surface area contributed by atoms with Crippen molar-refractivity contribution in [3.63, 3.8) is 0 Å². The minimum absolute atomic E-state index is 0.00107. The van der Waals surface area contributed by atoms with E-state index in [1.807, 2.05) is 24.4 Å². The molecule has 7 heteroatoms. The lowest BCUT2D eigenvalue weighted by Gasteiger charge is -2.33. The Hall–Kier alpha value is -2.70. The Bertz CT molecular complexity index is 1210. The van der Waals surface area contributed by atoms with E-state index in [0.717, 1.165) is 40.1 Å². The number of pyridine rings is 1. The summed E-state index contributed by atoms with van der Waals surface area (Å²) >= 11 is 8.32. The highest BCUT2D eigenvalue weighted by Gasteiger charge is 2.25. The van der Waals surface area contributed by atoms with Crippen LogP contribution in [-0.4, -0.2) is 40.8 Å². The molecule has 34 heavy (non-hydrogen) atoms. The van der Waals surface area contributed by atoms with Gasteiger partial charge in [-0.2, -0.15) is 0 Å². The molecule has 0 aliphatic carbocycles.